The molecular formula is C13H21BrN4S. The highest BCUT2D eigenvalue weighted by Crippen LogP contribution is 2.32. The number of likely N-dealkylation sites (tertiary alicyclic amines) is 1. The molecular weight excluding hydrogens is 324 g/mol. The molecule has 4 nitrogen and oxygen atoms in total. The maximum absolute atomic E-state index is 5.84. The van der Waals surface area contributed by atoms with Crippen molar-refractivity contribution in [2.75, 3.05) is 13.1 Å². The summed E-state index contributed by atoms with van der Waals surface area (Å²) in [6, 6.07) is 0. The van der Waals surface area contributed by atoms with Crippen LogP contribution in [0.4, 0.5) is 0 Å². The van der Waals surface area contributed by atoms with Crippen LogP contribution < -0.4 is 5.73 Å². The Bertz CT molecular complexity index is 489. The first-order valence-electron chi connectivity index (χ1n) is 6.54. The molecule has 0 aromatic carbocycles. The third kappa shape index (κ3) is 3.01. The summed E-state index contributed by atoms with van der Waals surface area (Å²) in [6.07, 6.45) is 2.08. The van der Waals surface area contributed by atoms with Crippen LogP contribution in [0.15, 0.2) is 4.47 Å². The van der Waals surface area contributed by atoms with E-state index in [1.54, 1.807) is 0 Å². The van der Waals surface area contributed by atoms with E-state index in [0.717, 1.165) is 42.6 Å². The van der Waals surface area contributed by atoms with E-state index in [4.69, 9.17) is 18.0 Å². The van der Waals surface area contributed by atoms with Gasteiger partial charge in [0.05, 0.1) is 20.8 Å². The smallest absolute Gasteiger partial charge is 0.0788 e. The third-order valence-corrected chi connectivity index (χ3v) is 5.71. The second-order valence-electron chi connectivity index (χ2n) is 5.67. The van der Waals surface area contributed by atoms with Crippen molar-refractivity contribution in [1.82, 2.24) is 14.7 Å². The number of nitrogens with two attached hydrogens (primary N) is 1. The number of piperidine rings is 1. The Morgan fingerprint density at radius 3 is 2.47 bits per heavy atom. The average molecular weight is 345 g/mol. The minimum atomic E-state index is 0.0332. The van der Waals surface area contributed by atoms with Crippen molar-refractivity contribution < 1.29 is 0 Å². The molecule has 0 saturated carbocycles. The van der Waals surface area contributed by atoms with Gasteiger partial charge in [-0.15, -0.1) is 0 Å². The van der Waals surface area contributed by atoms with Crippen LogP contribution in [0.2, 0.25) is 0 Å². The normalized spacial score (nSPS) is 19.6. The van der Waals surface area contributed by atoms with Gasteiger partial charge in [-0.2, -0.15) is 5.10 Å². The summed E-state index contributed by atoms with van der Waals surface area (Å²) in [5.74, 6) is 0. The van der Waals surface area contributed by atoms with Crippen LogP contribution in [0, 0.1) is 12.3 Å². The van der Waals surface area contributed by atoms with E-state index in [2.05, 4.69) is 32.9 Å². The summed E-state index contributed by atoms with van der Waals surface area (Å²) in [5.41, 5.74) is 8.15. The fraction of sp³-hybridized carbons (Fsp3) is 0.692. The van der Waals surface area contributed by atoms with Crippen LogP contribution in [0.5, 0.6) is 0 Å². The van der Waals surface area contributed by atoms with Crippen LogP contribution in [0.1, 0.15) is 31.2 Å². The topological polar surface area (TPSA) is 47.1 Å². The van der Waals surface area contributed by atoms with Gasteiger partial charge in [0.15, 0.2) is 0 Å². The fourth-order valence-electron chi connectivity index (χ4n) is 2.51. The molecule has 1 fully saturated rings. The van der Waals surface area contributed by atoms with E-state index in [1.165, 1.54) is 5.69 Å². The number of rotatable bonds is 3. The van der Waals surface area contributed by atoms with Gasteiger partial charge < -0.3 is 5.73 Å². The predicted octanol–water partition coefficient (Wildman–Crippen LogP) is 2.38. The Morgan fingerprint density at radius 1 is 1.47 bits per heavy atom. The number of aromatic nitrogens is 2. The lowest BCUT2D eigenvalue weighted by molar-refractivity contribution is 0.154. The van der Waals surface area contributed by atoms with E-state index in [9.17, 15) is 0 Å². The second kappa shape index (κ2) is 5.50. The molecule has 0 atom stereocenters. The average Bonchev–Trinajstić information content (AvgIpc) is 2.58. The van der Waals surface area contributed by atoms with Gasteiger partial charge in [0.1, 0.15) is 0 Å². The SMILES string of the molecule is Cc1nn(C)c(CN2CCC(C)(C(N)=S)CC2)c1Br. The van der Waals surface area contributed by atoms with E-state index in [0.29, 0.717) is 4.99 Å². The molecule has 0 radical (unpaired) electrons. The Hall–Kier alpha value is -0.460. The molecule has 2 rings (SSSR count). The lowest BCUT2D eigenvalue weighted by Gasteiger charge is -2.38. The second-order valence-corrected chi connectivity index (χ2v) is 6.90. The molecule has 106 valence electrons. The quantitative estimate of drug-likeness (QED) is 0.855. The summed E-state index contributed by atoms with van der Waals surface area (Å²) >= 11 is 8.80. The lowest BCUT2D eigenvalue weighted by atomic mass is 9.80. The molecule has 1 aliphatic rings. The molecule has 1 aromatic heterocycles. The summed E-state index contributed by atoms with van der Waals surface area (Å²) < 4.78 is 3.08. The molecule has 1 aromatic rings. The van der Waals surface area contributed by atoms with Crippen LogP contribution in [0.25, 0.3) is 0 Å². The van der Waals surface area contributed by atoms with Crippen molar-refractivity contribution in [3.05, 3.63) is 15.9 Å². The van der Waals surface area contributed by atoms with E-state index < -0.39 is 0 Å². The van der Waals surface area contributed by atoms with E-state index in [1.807, 2.05) is 18.7 Å². The van der Waals surface area contributed by atoms with E-state index >= 15 is 0 Å². The van der Waals surface area contributed by atoms with Gasteiger partial charge in [-0.25, -0.2) is 0 Å². The molecule has 0 aliphatic carbocycles. The van der Waals surface area contributed by atoms with Crippen molar-refractivity contribution in [2.24, 2.45) is 18.2 Å². The van der Waals surface area contributed by atoms with Gasteiger partial charge >= 0.3 is 0 Å². The largest absolute Gasteiger partial charge is 0.393 e. The van der Waals surface area contributed by atoms with Gasteiger partial charge in [-0.1, -0.05) is 19.1 Å². The molecule has 19 heavy (non-hydrogen) atoms. The molecule has 0 amide bonds. The van der Waals surface area contributed by atoms with Crippen LogP contribution >= 0.6 is 28.1 Å². The molecule has 0 unspecified atom stereocenters. The van der Waals surface area contributed by atoms with E-state index in [-0.39, 0.29) is 5.41 Å². The zero-order valence-corrected chi connectivity index (χ0v) is 14.1. The summed E-state index contributed by atoms with van der Waals surface area (Å²) in [7, 11) is 2.00. The minimum Gasteiger partial charge on any atom is -0.393 e. The van der Waals surface area contributed by atoms with Crippen LogP contribution in [0.3, 0.4) is 0 Å². The molecule has 1 saturated heterocycles. The Balaban J connectivity index is 2.02. The number of thiocarbonyl (C=S) groups is 1. The zero-order chi connectivity index (χ0) is 14.2. The first-order chi connectivity index (χ1) is 8.83. The number of aryl methyl sites for hydroxylation is 2. The minimum absolute atomic E-state index is 0.0332. The molecule has 2 N–H and O–H groups in total. The van der Waals surface area contributed by atoms with Gasteiger partial charge in [0.25, 0.3) is 0 Å². The van der Waals surface area contributed by atoms with Gasteiger partial charge in [0, 0.05) is 19.0 Å². The number of nitrogens with zero attached hydrogens (tertiary/aromatic N) is 3. The van der Waals surface area contributed by atoms with Crippen molar-refractivity contribution >= 4 is 33.1 Å². The van der Waals surface area contributed by atoms with Gasteiger partial charge in [0.2, 0.25) is 0 Å². The third-order valence-electron chi connectivity index (χ3n) is 4.19. The maximum atomic E-state index is 5.84. The van der Waals surface area contributed by atoms with Crippen molar-refractivity contribution in [2.45, 2.75) is 33.2 Å². The highest BCUT2D eigenvalue weighted by molar-refractivity contribution is 9.10. The fourth-order valence-corrected chi connectivity index (χ4v) is 3.18. The predicted molar refractivity (Wildman–Crippen MR) is 85.0 cm³/mol. The Morgan fingerprint density at radius 2 is 2.05 bits per heavy atom. The van der Waals surface area contributed by atoms with Crippen LogP contribution in [-0.4, -0.2) is 32.8 Å². The summed E-state index contributed by atoms with van der Waals surface area (Å²) in [5, 5.41) is 4.44. The highest BCUT2D eigenvalue weighted by atomic mass is 79.9. The molecule has 6 heteroatoms. The first kappa shape index (κ1) is 14.9. The standard InChI is InChI=1S/C13H21BrN4S/c1-9-11(14)10(17(3)16-9)8-18-6-4-13(2,5-7-18)12(15)19/h4-8H2,1-3H3,(H2,15,19). The van der Waals surface area contributed by atoms with Gasteiger partial charge in [-0.3, -0.25) is 9.58 Å². The molecule has 0 bridgehead atoms. The number of halogens is 1. The summed E-state index contributed by atoms with van der Waals surface area (Å²) in [4.78, 5) is 3.10. The molecule has 1 aliphatic heterocycles. The first-order valence-corrected chi connectivity index (χ1v) is 7.74. The highest BCUT2D eigenvalue weighted by Gasteiger charge is 2.33. The van der Waals surface area contributed by atoms with Gasteiger partial charge in [-0.05, 0) is 48.8 Å². The monoisotopic (exact) mass is 344 g/mol. The zero-order valence-electron chi connectivity index (χ0n) is 11.7. The van der Waals surface area contributed by atoms with Crippen LogP contribution in [-0.2, 0) is 13.6 Å². The Labute approximate surface area is 128 Å². The molecule has 2 heterocycles. The summed E-state index contributed by atoms with van der Waals surface area (Å²) in [6.45, 7) is 7.19. The number of hydrogen-bond donors (Lipinski definition) is 1. The van der Waals surface area contributed by atoms with Crippen molar-refractivity contribution in [3.8, 4) is 0 Å². The molecule has 0 spiro atoms. The maximum Gasteiger partial charge on any atom is 0.0788 e. The Kier molecular flexibility index (Phi) is 4.32. The lowest BCUT2D eigenvalue weighted by Crippen LogP contribution is -2.44. The number of hydrogen-bond acceptors (Lipinski definition) is 3. The van der Waals surface area contributed by atoms with Crippen molar-refractivity contribution in [3.63, 3.8) is 0 Å². The van der Waals surface area contributed by atoms with Crippen molar-refractivity contribution in [1.29, 1.82) is 0 Å².